The predicted octanol–water partition coefficient (Wildman–Crippen LogP) is 3.42. The van der Waals surface area contributed by atoms with Gasteiger partial charge in [-0.25, -0.2) is 4.98 Å². The van der Waals surface area contributed by atoms with Crippen molar-refractivity contribution >= 4 is 22.8 Å². The maximum atomic E-state index is 10.1. The van der Waals surface area contributed by atoms with E-state index in [0.29, 0.717) is 28.3 Å². The van der Waals surface area contributed by atoms with E-state index in [1.807, 2.05) is 48.5 Å². The van der Waals surface area contributed by atoms with E-state index in [1.54, 1.807) is 23.3 Å². The molecule has 0 amide bonds. The van der Waals surface area contributed by atoms with Crippen LogP contribution in [0.4, 0.5) is 0 Å². The first-order valence-electron chi connectivity index (χ1n) is 11.8. The van der Waals surface area contributed by atoms with Gasteiger partial charge in [0, 0.05) is 12.0 Å². The number of rotatable bonds is 6. The molecule has 0 radical (unpaired) electrons. The van der Waals surface area contributed by atoms with Crippen molar-refractivity contribution in [2.75, 3.05) is 13.2 Å². The average molecular weight is 519 g/mol. The van der Waals surface area contributed by atoms with E-state index in [1.165, 1.54) is 0 Å². The van der Waals surface area contributed by atoms with Gasteiger partial charge >= 0.3 is 0 Å². The van der Waals surface area contributed by atoms with Crippen LogP contribution in [0, 0.1) is 0 Å². The number of halogens is 1. The molecule has 3 N–H and O–H groups in total. The zero-order chi connectivity index (χ0) is 25.4. The highest BCUT2D eigenvalue weighted by Crippen LogP contribution is 2.31. The molecule has 0 saturated carbocycles. The van der Waals surface area contributed by atoms with Gasteiger partial charge in [0.2, 0.25) is 0 Å². The van der Waals surface area contributed by atoms with Crippen molar-refractivity contribution in [1.29, 1.82) is 0 Å². The van der Waals surface area contributed by atoms with E-state index in [2.05, 4.69) is 25.1 Å². The quantitative estimate of drug-likeness (QED) is 0.311. The SMILES string of the molecule is OCC1OC[C@H](Oc2nc3nc(-c4ccc(-c5ccc(-n6nccn6)cc5)cc4)c(Cl)cc3[nH]2)C[C@@H]1O. The van der Waals surface area contributed by atoms with E-state index in [-0.39, 0.29) is 19.2 Å². The zero-order valence-electron chi connectivity index (χ0n) is 19.5. The summed E-state index contributed by atoms with van der Waals surface area (Å²) in [7, 11) is 0. The Hall–Kier alpha value is -3.83. The van der Waals surface area contributed by atoms with Gasteiger partial charge in [0.15, 0.2) is 5.65 Å². The van der Waals surface area contributed by atoms with Crippen LogP contribution in [-0.4, -0.2) is 71.7 Å². The van der Waals surface area contributed by atoms with Crippen LogP contribution in [-0.2, 0) is 4.74 Å². The number of imidazole rings is 1. The molecule has 0 aliphatic carbocycles. The summed E-state index contributed by atoms with van der Waals surface area (Å²) in [6.07, 6.45) is 1.82. The lowest BCUT2D eigenvalue weighted by Gasteiger charge is -2.31. The highest BCUT2D eigenvalue weighted by atomic mass is 35.5. The maximum absolute atomic E-state index is 10.1. The Morgan fingerprint density at radius 3 is 2.35 bits per heavy atom. The van der Waals surface area contributed by atoms with Gasteiger partial charge in [-0.15, -0.1) is 0 Å². The lowest BCUT2D eigenvalue weighted by atomic mass is 10.0. The third-order valence-corrected chi connectivity index (χ3v) is 6.59. The van der Waals surface area contributed by atoms with Crippen LogP contribution in [0.25, 0.3) is 39.2 Å². The Morgan fingerprint density at radius 1 is 1.00 bits per heavy atom. The number of fused-ring (bicyclic) bond motifs is 1. The monoisotopic (exact) mass is 518 g/mol. The van der Waals surface area contributed by atoms with Crippen LogP contribution < -0.4 is 4.74 Å². The van der Waals surface area contributed by atoms with Gasteiger partial charge in [-0.2, -0.15) is 20.0 Å². The van der Waals surface area contributed by atoms with Gasteiger partial charge in [0.05, 0.1) is 53.6 Å². The molecule has 10 nitrogen and oxygen atoms in total. The maximum Gasteiger partial charge on any atom is 0.296 e. The van der Waals surface area contributed by atoms with Crippen molar-refractivity contribution in [3.8, 4) is 34.1 Å². The van der Waals surface area contributed by atoms with Crippen LogP contribution in [0.3, 0.4) is 0 Å². The number of ether oxygens (including phenoxy) is 2. The number of pyridine rings is 1. The topological polar surface area (TPSA) is 131 Å². The van der Waals surface area contributed by atoms with Crippen LogP contribution in [0.2, 0.25) is 5.02 Å². The molecule has 6 rings (SSSR count). The molecular weight excluding hydrogens is 496 g/mol. The molecule has 11 heteroatoms. The fourth-order valence-electron chi connectivity index (χ4n) is 4.36. The molecule has 1 unspecified atom stereocenters. The Balaban J connectivity index is 1.20. The molecule has 1 fully saturated rings. The molecule has 188 valence electrons. The number of nitrogens with one attached hydrogen (secondary N) is 1. The lowest BCUT2D eigenvalue weighted by Crippen LogP contribution is -2.45. The zero-order valence-corrected chi connectivity index (χ0v) is 20.3. The predicted molar refractivity (Wildman–Crippen MR) is 137 cm³/mol. The number of aliphatic hydroxyl groups is 2. The number of H-pyrrole nitrogens is 1. The molecule has 1 saturated heterocycles. The third kappa shape index (κ3) is 4.79. The van der Waals surface area contributed by atoms with Gasteiger partial charge in [-0.05, 0) is 29.3 Å². The second-order valence-corrected chi connectivity index (χ2v) is 9.18. The van der Waals surface area contributed by atoms with Crippen molar-refractivity contribution in [3.63, 3.8) is 0 Å². The van der Waals surface area contributed by atoms with Gasteiger partial charge in [0.1, 0.15) is 12.2 Å². The molecule has 3 aromatic heterocycles. The van der Waals surface area contributed by atoms with E-state index >= 15 is 0 Å². The summed E-state index contributed by atoms with van der Waals surface area (Å²) in [5.41, 5.74) is 5.58. The first-order chi connectivity index (χ1) is 18.1. The Bertz CT molecular complexity index is 1510. The highest BCUT2D eigenvalue weighted by Gasteiger charge is 2.31. The largest absolute Gasteiger partial charge is 0.459 e. The number of benzene rings is 2. The second-order valence-electron chi connectivity index (χ2n) is 8.77. The number of aromatic amines is 1. The van der Waals surface area contributed by atoms with Gasteiger partial charge in [0.25, 0.3) is 6.01 Å². The number of nitrogens with zero attached hydrogens (tertiary/aromatic N) is 5. The summed E-state index contributed by atoms with van der Waals surface area (Å²) >= 11 is 6.57. The molecular formula is C26H23ClN6O4. The first kappa shape index (κ1) is 23.6. The lowest BCUT2D eigenvalue weighted by molar-refractivity contribution is -0.131. The minimum Gasteiger partial charge on any atom is -0.459 e. The number of hydrogen-bond acceptors (Lipinski definition) is 8. The summed E-state index contributed by atoms with van der Waals surface area (Å²) < 4.78 is 11.3. The summed E-state index contributed by atoms with van der Waals surface area (Å²) in [5.74, 6) is 0. The fourth-order valence-corrected chi connectivity index (χ4v) is 4.62. The van der Waals surface area contributed by atoms with Crippen LogP contribution in [0.5, 0.6) is 6.01 Å². The molecule has 3 atom stereocenters. The molecule has 4 heterocycles. The number of aromatic nitrogens is 6. The van der Waals surface area contributed by atoms with Gasteiger partial charge in [-0.1, -0.05) is 48.0 Å². The van der Waals surface area contributed by atoms with Crippen molar-refractivity contribution in [2.45, 2.75) is 24.7 Å². The fraction of sp³-hybridized carbons (Fsp3) is 0.231. The molecule has 0 bridgehead atoms. The minimum absolute atomic E-state index is 0.235. The minimum atomic E-state index is -0.804. The summed E-state index contributed by atoms with van der Waals surface area (Å²) in [6, 6.07) is 18.0. The second kappa shape index (κ2) is 9.91. The Morgan fingerprint density at radius 2 is 1.68 bits per heavy atom. The van der Waals surface area contributed by atoms with E-state index < -0.39 is 18.3 Å². The summed E-state index contributed by atoms with van der Waals surface area (Å²) in [4.78, 5) is 13.7. The molecule has 5 aromatic rings. The molecule has 0 spiro atoms. The molecule has 1 aliphatic heterocycles. The normalized spacial score (nSPS) is 19.8. The Kier molecular flexibility index (Phi) is 6.31. The first-order valence-corrected chi connectivity index (χ1v) is 12.2. The summed E-state index contributed by atoms with van der Waals surface area (Å²) in [6.45, 7) is 0.00868. The van der Waals surface area contributed by atoms with E-state index in [9.17, 15) is 10.2 Å². The Labute approximate surface area is 216 Å². The van der Waals surface area contributed by atoms with Crippen LogP contribution >= 0.6 is 11.6 Å². The van der Waals surface area contributed by atoms with Gasteiger partial charge in [-0.3, -0.25) is 0 Å². The third-order valence-electron chi connectivity index (χ3n) is 6.30. The van der Waals surface area contributed by atoms with Crippen molar-refractivity contribution in [3.05, 3.63) is 72.0 Å². The van der Waals surface area contributed by atoms with E-state index in [0.717, 1.165) is 22.4 Å². The van der Waals surface area contributed by atoms with Gasteiger partial charge < -0.3 is 24.7 Å². The van der Waals surface area contributed by atoms with Crippen molar-refractivity contribution < 1.29 is 19.7 Å². The van der Waals surface area contributed by atoms with Crippen LogP contribution in [0.15, 0.2) is 67.0 Å². The van der Waals surface area contributed by atoms with Crippen LogP contribution in [0.1, 0.15) is 6.42 Å². The standard InChI is InChI=1S/C26H23ClN6O4/c27-20-12-21-25(32-26(30-21)37-19-11-22(35)23(13-34)36-14-19)31-24(20)17-3-1-15(2-4-17)16-5-7-18(8-6-16)33-28-9-10-29-33/h1-10,12,19,22-23,34-35H,11,13-14H2,(H,30,31,32)/t19-,22+,23?/m1/s1. The molecule has 37 heavy (non-hydrogen) atoms. The van der Waals surface area contributed by atoms with E-state index in [4.69, 9.17) is 21.1 Å². The van der Waals surface area contributed by atoms with Crippen molar-refractivity contribution in [2.24, 2.45) is 0 Å². The highest BCUT2D eigenvalue weighted by molar-refractivity contribution is 6.33. The average Bonchev–Trinajstić information content (AvgIpc) is 3.59. The molecule has 1 aliphatic rings. The smallest absolute Gasteiger partial charge is 0.296 e. The molecule has 2 aromatic carbocycles. The van der Waals surface area contributed by atoms with Crippen molar-refractivity contribution in [1.82, 2.24) is 29.9 Å². The number of hydrogen-bond donors (Lipinski definition) is 3. The number of aliphatic hydroxyl groups excluding tert-OH is 2. The summed E-state index contributed by atoms with van der Waals surface area (Å²) in [5, 5.41) is 28.1.